The third-order valence-electron chi connectivity index (χ3n) is 5.60. The lowest BCUT2D eigenvalue weighted by Crippen LogP contribution is -2.28. The third-order valence-corrected chi connectivity index (χ3v) is 5.90. The highest BCUT2D eigenvalue weighted by atomic mass is 35.5. The van der Waals surface area contributed by atoms with Crippen LogP contribution in [-0.4, -0.2) is 29.7 Å². The van der Waals surface area contributed by atoms with Crippen molar-refractivity contribution in [3.05, 3.63) is 106 Å². The van der Waals surface area contributed by atoms with E-state index in [0.29, 0.717) is 22.3 Å². The summed E-state index contributed by atoms with van der Waals surface area (Å²) >= 11 is 5.84. The third kappa shape index (κ3) is 7.05. The molecule has 0 saturated carbocycles. The van der Waals surface area contributed by atoms with Gasteiger partial charge < -0.3 is 15.2 Å². The van der Waals surface area contributed by atoms with E-state index in [1.807, 2.05) is 12.1 Å². The SMILES string of the molecule is O=C(COc1ccc(C=NNC(=O)c2ccc(O)c(Cl)c2)c2ccccc12)NCc1cccc(C(F)(F)F)c1. The van der Waals surface area contributed by atoms with E-state index in [-0.39, 0.29) is 29.5 Å². The summed E-state index contributed by atoms with van der Waals surface area (Å²) in [6, 6.07) is 19.3. The predicted octanol–water partition coefficient (Wildman–Crippen LogP) is 5.68. The van der Waals surface area contributed by atoms with Crippen LogP contribution in [0.25, 0.3) is 10.8 Å². The van der Waals surface area contributed by atoms with Crippen molar-refractivity contribution in [1.82, 2.24) is 10.7 Å². The number of carbonyl (C=O) groups excluding carboxylic acids is 2. The number of ether oxygens (including phenoxy) is 1. The Bertz CT molecular complexity index is 1560. The Labute approximate surface area is 225 Å². The second-order valence-corrected chi connectivity index (χ2v) is 8.73. The fourth-order valence-corrected chi connectivity index (χ4v) is 3.84. The largest absolute Gasteiger partial charge is 0.506 e. The second-order valence-electron chi connectivity index (χ2n) is 8.33. The number of halogens is 4. The van der Waals surface area contributed by atoms with Crippen molar-refractivity contribution < 1.29 is 32.6 Å². The van der Waals surface area contributed by atoms with Crippen LogP contribution in [0.4, 0.5) is 13.2 Å². The number of carbonyl (C=O) groups is 2. The van der Waals surface area contributed by atoms with Gasteiger partial charge in [0.25, 0.3) is 11.8 Å². The Hall–Kier alpha value is -4.57. The molecular formula is C28H21ClF3N3O4. The van der Waals surface area contributed by atoms with Gasteiger partial charge in [0, 0.05) is 23.1 Å². The van der Waals surface area contributed by atoms with Gasteiger partial charge in [0.15, 0.2) is 6.61 Å². The van der Waals surface area contributed by atoms with E-state index in [2.05, 4.69) is 15.8 Å². The second kappa shape index (κ2) is 11.9. The van der Waals surface area contributed by atoms with Gasteiger partial charge in [-0.2, -0.15) is 18.3 Å². The van der Waals surface area contributed by atoms with Gasteiger partial charge in [0.2, 0.25) is 0 Å². The number of fused-ring (bicyclic) bond motifs is 1. The molecule has 0 aromatic heterocycles. The first kappa shape index (κ1) is 27.5. The Kier molecular flexibility index (Phi) is 8.36. The van der Waals surface area contributed by atoms with Crippen molar-refractivity contribution in [2.75, 3.05) is 6.61 Å². The van der Waals surface area contributed by atoms with Crippen LogP contribution in [0, 0.1) is 0 Å². The number of hydrogen-bond donors (Lipinski definition) is 3. The van der Waals surface area contributed by atoms with Gasteiger partial charge >= 0.3 is 6.18 Å². The molecule has 0 heterocycles. The molecule has 0 saturated heterocycles. The molecule has 2 amide bonds. The summed E-state index contributed by atoms with van der Waals surface area (Å²) in [5, 5.41) is 17.5. The van der Waals surface area contributed by atoms with Gasteiger partial charge in [0.1, 0.15) is 11.5 Å². The first-order chi connectivity index (χ1) is 18.6. The van der Waals surface area contributed by atoms with E-state index in [1.165, 1.54) is 36.5 Å². The summed E-state index contributed by atoms with van der Waals surface area (Å²) in [5.74, 6) is -0.744. The molecule has 0 radical (unpaired) electrons. The van der Waals surface area contributed by atoms with Crippen molar-refractivity contribution in [3.8, 4) is 11.5 Å². The minimum absolute atomic E-state index is 0.0394. The summed E-state index contributed by atoms with van der Waals surface area (Å²) in [7, 11) is 0. The molecule has 0 bridgehead atoms. The average molecular weight is 556 g/mol. The van der Waals surface area contributed by atoms with Crippen molar-refractivity contribution in [2.24, 2.45) is 5.10 Å². The Balaban J connectivity index is 1.39. The Morgan fingerprint density at radius 1 is 0.974 bits per heavy atom. The van der Waals surface area contributed by atoms with Crippen molar-refractivity contribution in [2.45, 2.75) is 12.7 Å². The highest BCUT2D eigenvalue weighted by molar-refractivity contribution is 6.32. The van der Waals surface area contributed by atoms with Crippen LogP contribution in [0.2, 0.25) is 5.02 Å². The van der Waals surface area contributed by atoms with Crippen molar-refractivity contribution in [1.29, 1.82) is 0 Å². The van der Waals surface area contributed by atoms with Crippen LogP contribution in [0.5, 0.6) is 11.5 Å². The van der Waals surface area contributed by atoms with Gasteiger partial charge in [-0.15, -0.1) is 0 Å². The van der Waals surface area contributed by atoms with Crippen LogP contribution >= 0.6 is 11.6 Å². The molecule has 0 aliphatic carbocycles. The molecule has 0 spiro atoms. The van der Waals surface area contributed by atoms with Crippen LogP contribution < -0.4 is 15.5 Å². The van der Waals surface area contributed by atoms with E-state index < -0.39 is 23.6 Å². The molecule has 11 heteroatoms. The monoisotopic (exact) mass is 555 g/mol. The molecule has 4 aromatic carbocycles. The molecule has 0 aliphatic rings. The van der Waals surface area contributed by atoms with Gasteiger partial charge in [-0.05, 0) is 53.4 Å². The first-order valence-electron chi connectivity index (χ1n) is 11.5. The van der Waals surface area contributed by atoms with Crippen LogP contribution in [-0.2, 0) is 17.5 Å². The summed E-state index contributed by atoms with van der Waals surface area (Å²) in [6.45, 7) is -0.425. The van der Waals surface area contributed by atoms with Gasteiger partial charge in [-0.3, -0.25) is 9.59 Å². The molecule has 39 heavy (non-hydrogen) atoms. The minimum atomic E-state index is -4.46. The van der Waals surface area contributed by atoms with E-state index in [1.54, 1.807) is 24.3 Å². The maximum Gasteiger partial charge on any atom is 0.416 e. The maximum atomic E-state index is 12.9. The molecule has 4 rings (SSSR count). The predicted molar refractivity (Wildman–Crippen MR) is 141 cm³/mol. The zero-order chi connectivity index (χ0) is 28.0. The van der Waals surface area contributed by atoms with Gasteiger partial charge in [-0.1, -0.05) is 48.0 Å². The summed E-state index contributed by atoms with van der Waals surface area (Å²) in [5.41, 5.74) is 2.80. The van der Waals surface area contributed by atoms with Gasteiger partial charge in [0.05, 0.1) is 16.8 Å². The molecule has 0 aliphatic heterocycles. The standard InChI is InChI=1S/C28H21ClF3N3O4/c29-23-13-18(8-10-24(23)36)27(38)35-34-15-19-9-11-25(22-7-2-1-6-21(19)22)39-16-26(37)33-14-17-4-3-5-20(12-17)28(30,31)32/h1-13,15,36H,14,16H2,(H,33,37)(H,35,38). The number of amides is 2. The highest BCUT2D eigenvalue weighted by Crippen LogP contribution is 2.30. The van der Waals surface area contributed by atoms with Crippen LogP contribution in [0.15, 0.2) is 84.0 Å². The molecule has 200 valence electrons. The van der Waals surface area contributed by atoms with Gasteiger partial charge in [-0.25, -0.2) is 5.43 Å². The fourth-order valence-electron chi connectivity index (χ4n) is 3.66. The van der Waals surface area contributed by atoms with Crippen molar-refractivity contribution in [3.63, 3.8) is 0 Å². The molecule has 0 fully saturated rings. The number of nitrogens with one attached hydrogen (secondary N) is 2. The Morgan fingerprint density at radius 3 is 2.49 bits per heavy atom. The van der Waals surface area contributed by atoms with E-state index in [4.69, 9.17) is 16.3 Å². The zero-order valence-electron chi connectivity index (χ0n) is 20.1. The number of rotatable bonds is 8. The minimum Gasteiger partial charge on any atom is -0.506 e. The summed E-state index contributed by atoms with van der Waals surface area (Å²) in [4.78, 5) is 24.6. The van der Waals surface area contributed by atoms with E-state index >= 15 is 0 Å². The molecule has 0 unspecified atom stereocenters. The number of phenols is 1. The van der Waals surface area contributed by atoms with Crippen molar-refractivity contribution >= 4 is 40.4 Å². The lowest BCUT2D eigenvalue weighted by molar-refractivity contribution is -0.137. The van der Waals surface area contributed by atoms with Crippen LogP contribution in [0.3, 0.4) is 0 Å². The first-order valence-corrected chi connectivity index (χ1v) is 11.9. The average Bonchev–Trinajstić information content (AvgIpc) is 2.92. The number of aromatic hydroxyl groups is 1. The molecule has 3 N–H and O–H groups in total. The number of alkyl halides is 3. The lowest BCUT2D eigenvalue weighted by atomic mass is 10.0. The molecular weight excluding hydrogens is 535 g/mol. The normalized spacial score (nSPS) is 11.5. The quantitative estimate of drug-likeness (QED) is 0.192. The number of nitrogens with zero attached hydrogens (tertiary/aromatic N) is 1. The van der Waals surface area contributed by atoms with E-state index in [0.717, 1.165) is 17.5 Å². The molecule has 4 aromatic rings. The smallest absolute Gasteiger partial charge is 0.416 e. The lowest BCUT2D eigenvalue weighted by Gasteiger charge is -2.12. The highest BCUT2D eigenvalue weighted by Gasteiger charge is 2.30. The molecule has 7 nitrogen and oxygen atoms in total. The summed E-state index contributed by atoms with van der Waals surface area (Å²) < 4.78 is 44.3. The fraction of sp³-hybridized carbons (Fsp3) is 0.107. The topological polar surface area (TPSA) is 100 Å². The van der Waals surface area contributed by atoms with Crippen LogP contribution in [0.1, 0.15) is 27.0 Å². The zero-order valence-corrected chi connectivity index (χ0v) is 20.9. The van der Waals surface area contributed by atoms with E-state index in [9.17, 15) is 27.9 Å². The summed E-state index contributed by atoms with van der Waals surface area (Å²) in [6.07, 6.45) is -3.01. The number of hydrazone groups is 1. The Morgan fingerprint density at radius 2 is 1.74 bits per heavy atom. The number of benzene rings is 4. The number of hydrogen-bond acceptors (Lipinski definition) is 5. The maximum absolute atomic E-state index is 12.9. The molecule has 0 atom stereocenters. The number of phenolic OH excluding ortho intramolecular Hbond substituents is 1.